The van der Waals surface area contributed by atoms with E-state index >= 15 is 0 Å². The number of morpholine rings is 1. The molecular formula is C26H39ClN4O4. The zero-order valence-corrected chi connectivity index (χ0v) is 21.9. The number of hydrogen-bond acceptors (Lipinski definition) is 6. The standard InChI is InChI=1S/C26H39ClN4O4/c1-21-16-22(6-7-23(21)27)34-20-26(17-24(32)30-8-4-3-5-9-30)19-31(14-15-35-26)25(33)18-29-12-10-28(2)11-13-29/h6-7,16H,3-5,8-15,17-20H2,1-2H3/t26-/m1/s1. The summed E-state index contributed by atoms with van der Waals surface area (Å²) in [6, 6.07) is 5.53. The largest absolute Gasteiger partial charge is 0.490 e. The first kappa shape index (κ1) is 26.2. The normalized spacial score (nSPS) is 24.4. The second-order valence-corrected chi connectivity index (χ2v) is 10.7. The van der Waals surface area contributed by atoms with Crippen molar-refractivity contribution in [3.63, 3.8) is 0 Å². The highest BCUT2D eigenvalue weighted by Gasteiger charge is 2.42. The molecule has 0 aromatic heterocycles. The number of likely N-dealkylation sites (N-methyl/N-ethyl adjacent to an activating group) is 1. The second-order valence-electron chi connectivity index (χ2n) is 10.2. The summed E-state index contributed by atoms with van der Waals surface area (Å²) >= 11 is 6.17. The maximum atomic E-state index is 13.3. The first-order valence-electron chi connectivity index (χ1n) is 12.8. The molecule has 35 heavy (non-hydrogen) atoms. The average Bonchev–Trinajstić information content (AvgIpc) is 2.87. The first-order valence-corrected chi connectivity index (χ1v) is 13.2. The Bertz CT molecular complexity index is 886. The first-order chi connectivity index (χ1) is 16.8. The van der Waals surface area contributed by atoms with Gasteiger partial charge < -0.3 is 24.2 Å². The molecule has 3 saturated heterocycles. The molecule has 1 aromatic rings. The van der Waals surface area contributed by atoms with Crippen molar-refractivity contribution in [1.82, 2.24) is 19.6 Å². The zero-order chi connectivity index (χ0) is 24.8. The number of likely N-dealkylation sites (tertiary alicyclic amines) is 1. The third-order valence-electron chi connectivity index (χ3n) is 7.37. The van der Waals surface area contributed by atoms with Crippen molar-refractivity contribution >= 4 is 23.4 Å². The van der Waals surface area contributed by atoms with Gasteiger partial charge in [-0.2, -0.15) is 0 Å². The molecule has 1 atom stereocenters. The number of benzene rings is 1. The van der Waals surface area contributed by atoms with Crippen LogP contribution in [-0.4, -0.2) is 116 Å². The van der Waals surface area contributed by atoms with Crippen molar-refractivity contribution in [3.8, 4) is 5.75 Å². The molecule has 4 rings (SSSR count). The van der Waals surface area contributed by atoms with Crippen LogP contribution in [0.4, 0.5) is 0 Å². The van der Waals surface area contributed by atoms with E-state index in [2.05, 4.69) is 16.8 Å². The van der Waals surface area contributed by atoms with Crippen molar-refractivity contribution < 1.29 is 19.1 Å². The Labute approximate surface area is 214 Å². The Kier molecular flexibility index (Phi) is 8.92. The van der Waals surface area contributed by atoms with Gasteiger partial charge in [0.15, 0.2) is 0 Å². The van der Waals surface area contributed by atoms with Crippen LogP contribution in [0.3, 0.4) is 0 Å². The van der Waals surface area contributed by atoms with Crippen LogP contribution in [0.15, 0.2) is 18.2 Å². The van der Waals surface area contributed by atoms with Crippen LogP contribution in [0.1, 0.15) is 31.2 Å². The van der Waals surface area contributed by atoms with Crippen LogP contribution in [0.5, 0.6) is 5.75 Å². The van der Waals surface area contributed by atoms with Crippen molar-refractivity contribution in [2.45, 2.75) is 38.2 Å². The van der Waals surface area contributed by atoms with E-state index in [0.29, 0.717) is 37.0 Å². The molecule has 3 aliphatic heterocycles. The number of aryl methyl sites for hydroxylation is 1. The highest BCUT2D eigenvalue weighted by atomic mass is 35.5. The summed E-state index contributed by atoms with van der Waals surface area (Å²) in [6.45, 7) is 9.12. The van der Waals surface area contributed by atoms with Crippen molar-refractivity contribution in [2.24, 2.45) is 0 Å². The van der Waals surface area contributed by atoms with E-state index in [0.717, 1.165) is 57.7 Å². The Balaban J connectivity index is 1.45. The number of nitrogens with zero attached hydrogens (tertiary/aromatic N) is 4. The fourth-order valence-electron chi connectivity index (χ4n) is 5.05. The Morgan fingerprint density at radius 2 is 1.74 bits per heavy atom. The van der Waals surface area contributed by atoms with Gasteiger partial charge >= 0.3 is 0 Å². The van der Waals surface area contributed by atoms with Gasteiger partial charge in [0.25, 0.3) is 0 Å². The lowest BCUT2D eigenvalue weighted by Gasteiger charge is -2.43. The Morgan fingerprint density at radius 1 is 1.00 bits per heavy atom. The lowest BCUT2D eigenvalue weighted by molar-refractivity contribution is -0.167. The number of halogens is 1. The molecule has 0 unspecified atom stereocenters. The van der Waals surface area contributed by atoms with E-state index < -0.39 is 5.60 Å². The zero-order valence-electron chi connectivity index (χ0n) is 21.1. The predicted octanol–water partition coefficient (Wildman–Crippen LogP) is 2.27. The molecule has 9 heteroatoms. The lowest BCUT2D eigenvalue weighted by atomic mass is 9.96. The van der Waals surface area contributed by atoms with E-state index in [1.54, 1.807) is 0 Å². The Morgan fingerprint density at radius 3 is 2.46 bits per heavy atom. The van der Waals surface area contributed by atoms with Gasteiger partial charge in [-0.15, -0.1) is 0 Å². The van der Waals surface area contributed by atoms with Gasteiger partial charge in [-0.05, 0) is 57.0 Å². The van der Waals surface area contributed by atoms with Gasteiger partial charge in [-0.1, -0.05) is 11.6 Å². The summed E-state index contributed by atoms with van der Waals surface area (Å²) in [7, 11) is 2.11. The Hall–Kier alpha value is -1.87. The van der Waals surface area contributed by atoms with Gasteiger partial charge in [-0.3, -0.25) is 14.5 Å². The summed E-state index contributed by atoms with van der Waals surface area (Å²) in [5.74, 6) is 0.852. The molecule has 1 aromatic carbocycles. The molecule has 2 amide bonds. The van der Waals surface area contributed by atoms with Crippen LogP contribution in [0.2, 0.25) is 5.02 Å². The van der Waals surface area contributed by atoms with Gasteiger partial charge in [0.2, 0.25) is 11.8 Å². The maximum Gasteiger partial charge on any atom is 0.236 e. The molecule has 0 aliphatic carbocycles. The molecule has 0 saturated carbocycles. The van der Waals surface area contributed by atoms with Crippen LogP contribution < -0.4 is 4.74 Å². The average molecular weight is 507 g/mol. The van der Waals surface area contributed by atoms with E-state index in [1.165, 1.54) is 6.42 Å². The van der Waals surface area contributed by atoms with Gasteiger partial charge in [0.1, 0.15) is 18.0 Å². The number of piperazine rings is 1. The minimum Gasteiger partial charge on any atom is -0.490 e. The number of carbonyl (C=O) groups excluding carboxylic acids is 2. The molecule has 0 N–H and O–H groups in total. The summed E-state index contributed by atoms with van der Waals surface area (Å²) in [6.07, 6.45) is 3.45. The van der Waals surface area contributed by atoms with Crippen LogP contribution in [0, 0.1) is 6.92 Å². The van der Waals surface area contributed by atoms with Gasteiger partial charge in [-0.25, -0.2) is 0 Å². The van der Waals surface area contributed by atoms with E-state index in [-0.39, 0.29) is 24.8 Å². The summed E-state index contributed by atoms with van der Waals surface area (Å²) in [5, 5.41) is 0.682. The molecule has 3 heterocycles. The number of hydrogen-bond donors (Lipinski definition) is 0. The van der Waals surface area contributed by atoms with Gasteiger partial charge in [0, 0.05) is 50.8 Å². The summed E-state index contributed by atoms with van der Waals surface area (Å²) in [4.78, 5) is 34.8. The summed E-state index contributed by atoms with van der Waals surface area (Å²) < 4.78 is 12.4. The highest BCUT2D eigenvalue weighted by molar-refractivity contribution is 6.31. The molecule has 0 spiro atoms. The number of piperidine rings is 1. The van der Waals surface area contributed by atoms with Gasteiger partial charge in [0.05, 0.1) is 26.1 Å². The van der Waals surface area contributed by atoms with Crippen LogP contribution >= 0.6 is 11.6 Å². The van der Waals surface area contributed by atoms with Crippen molar-refractivity contribution in [1.29, 1.82) is 0 Å². The minimum atomic E-state index is -0.877. The fraction of sp³-hybridized carbons (Fsp3) is 0.692. The van der Waals surface area contributed by atoms with Crippen LogP contribution in [0.25, 0.3) is 0 Å². The van der Waals surface area contributed by atoms with Crippen molar-refractivity contribution in [2.75, 3.05) is 79.2 Å². The smallest absolute Gasteiger partial charge is 0.236 e. The second kappa shape index (κ2) is 11.9. The topological polar surface area (TPSA) is 65.6 Å². The highest BCUT2D eigenvalue weighted by Crippen LogP contribution is 2.28. The van der Waals surface area contributed by atoms with E-state index in [9.17, 15) is 9.59 Å². The number of rotatable bonds is 7. The SMILES string of the molecule is Cc1cc(OC[C@@]2(CC(=O)N3CCCCC3)CN(C(=O)CN3CCN(C)CC3)CCO2)ccc1Cl. The number of ether oxygens (including phenoxy) is 2. The maximum absolute atomic E-state index is 13.3. The third kappa shape index (κ3) is 7.09. The van der Waals surface area contributed by atoms with E-state index in [1.807, 2.05) is 34.9 Å². The number of carbonyl (C=O) groups is 2. The van der Waals surface area contributed by atoms with E-state index in [4.69, 9.17) is 21.1 Å². The molecule has 8 nitrogen and oxygen atoms in total. The third-order valence-corrected chi connectivity index (χ3v) is 7.79. The molecule has 3 aliphatic rings. The molecule has 0 bridgehead atoms. The summed E-state index contributed by atoms with van der Waals surface area (Å²) in [5.41, 5.74) is 0.0501. The number of amides is 2. The molecule has 3 fully saturated rings. The van der Waals surface area contributed by atoms with Crippen molar-refractivity contribution in [3.05, 3.63) is 28.8 Å². The monoisotopic (exact) mass is 506 g/mol. The minimum absolute atomic E-state index is 0.0777. The predicted molar refractivity (Wildman–Crippen MR) is 136 cm³/mol. The van der Waals surface area contributed by atoms with Crippen LogP contribution in [-0.2, 0) is 14.3 Å². The quantitative estimate of drug-likeness (QED) is 0.565. The fourth-order valence-corrected chi connectivity index (χ4v) is 5.17. The lowest BCUT2D eigenvalue weighted by Crippen LogP contribution is -2.60. The molecule has 194 valence electrons. The molecule has 0 radical (unpaired) electrons. The molecular weight excluding hydrogens is 468 g/mol.